The Kier molecular flexibility index (Phi) is 60.1. The van der Waals surface area contributed by atoms with E-state index in [-0.39, 0.29) is 25.7 Å². The minimum atomic E-state index is -1.11. The van der Waals surface area contributed by atoms with Crippen molar-refractivity contribution in [2.75, 3.05) is 26.4 Å². The predicted molar refractivity (Wildman–Crippen MR) is 430 cm³/mol. The summed E-state index contributed by atoms with van der Waals surface area (Å²) in [6.45, 7) is 15.9. The van der Waals surface area contributed by atoms with Gasteiger partial charge in [-0.3, -0.25) is 19.2 Å². The molecule has 0 aliphatic rings. The highest BCUT2D eigenvalue weighted by molar-refractivity contribution is 5.68. The van der Waals surface area contributed by atoms with Gasteiger partial charge in [-0.1, -0.05) is 258 Å². The third kappa shape index (κ3) is 47.3. The van der Waals surface area contributed by atoms with E-state index in [1.165, 1.54) is 154 Å². The van der Waals surface area contributed by atoms with Gasteiger partial charge in [-0.25, -0.2) is 0 Å². The molecule has 0 amide bonds. The molecule has 0 fully saturated rings. The zero-order valence-electron chi connectivity index (χ0n) is 66.9. The molecule has 0 aliphatic heterocycles. The summed E-state index contributed by atoms with van der Waals surface area (Å²) in [5.74, 6) is -1.28. The van der Waals surface area contributed by atoms with E-state index >= 15 is 0 Å². The Morgan fingerprint density at radius 1 is 0.229 bits per heavy atom. The average Bonchev–Trinajstić information content (AvgIpc) is 0.857. The Labute approximate surface area is 635 Å². The molecular weight excluding hydrogens is 1320 g/mol. The van der Waals surface area contributed by atoms with Crippen LogP contribution in [0.5, 0.6) is 23.0 Å². The van der Waals surface area contributed by atoms with Crippen LogP contribution in [0.1, 0.15) is 353 Å². The fourth-order valence-electron chi connectivity index (χ4n) is 12.7. The highest BCUT2D eigenvalue weighted by atomic mass is 16.4. The van der Waals surface area contributed by atoms with Crippen molar-refractivity contribution in [2.45, 2.75) is 364 Å². The van der Waals surface area contributed by atoms with Gasteiger partial charge in [0.05, 0.1) is 31.8 Å². The SMILES string of the molecule is CCCCCCc1cc(CCC(=O)O)cc(CCCCCC)c1O.CCCCCCc1cc(CCC(=O)O)cc(CCCCCC)c1O.CCCCCCc1cc(CCC(=O)O)cc(CCCCCC)c1O.CCCCCCc1cc(CCC(=O)O)cc(CCCCCC)c1O.OCC(CO)(CO)CO. The molecule has 0 saturated heterocycles. The lowest BCUT2D eigenvalue weighted by atomic mass is 9.93. The summed E-state index contributed by atoms with van der Waals surface area (Å²) in [5.41, 5.74) is 11.1. The lowest BCUT2D eigenvalue weighted by Gasteiger charge is -2.23. The van der Waals surface area contributed by atoms with Gasteiger partial charge in [0.1, 0.15) is 23.0 Å². The maximum Gasteiger partial charge on any atom is 0.303 e. The lowest BCUT2D eigenvalue weighted by Crippen LogP contribution is -2.37. The van der Waals surface area contributed by atoms with Crippen LogP contribution < -0.4 is 0 Å². The van der Waals surface area contributed by atoms with Crippen LogP contribution in [0.15, 0.2) is 48.5 Å². The zero-order chi connectivity index (χ0) is 78.5. The van der Waals surface area contributed by atoms with Gasteiger partial charge in [-0.05, 0) is 195 Å². The number of aliphatic carboxylic acids is 4. The molecule has 16 heteroatoms. The zero-order valence-corrected chi connectivity index (χ0v) is 66.9. The van der Waals surface area contributed by atoms with E-state index in [0.717, 1.165) is 169 Å². The molecule has 0 bridgehead atoms. The smallest absolute Gasteiger partial charge is 0.303 e. The number of aliphatic hydroxyl groups is 4. The first kappa shape index (κ1) is 98.8. The van der Waals surface area contributed by atoms with Crippen molar-refractivity contribution >= 4 is 23.9 Å². The van der Waals surface area contributed by atoms with Crippen LogP contribution in [0.2, 0.25) is 0 Å². The third-order valence-electron chi connectivity index (χ3n) is 19.6. The molecule has 0 aromatic heterocycles. The quantitative estimate of drug-likeness (QED) is 0.0183. The number of carboxylic acids is 4. The van der Waals surface area contributed by atoms with Crippen LogP contribution in [0.4, 0.5) is 0 Å². The predicted octanol–water partition coefficient (Wildman–Crippen LogP) is 20.6. The summed E-state index contributed by atoms with van der Waals surface area (Å²) in [4.78, 5) is 43.4. The number of rotatable bonds is 56. The summed E-state index contributed by atoms with van der Waals surface area (Å²) in [5, 5.41) is 112. The normalized spacial score (nSPS) is 11.0. The Morgan fingerprint density at radius 2 is 0.362 bits per heavy atom. The molecule has 0 radical (unpaired) electrons. The molecule has 600 valence electrons. The van der Waals surface area contributed by atoms with Gasteiger partial charge in [0.25, 0.3) is 0 Å². The van der Waals surface area contributed by atoms with Gasteiger partial charge in [0.2, 0.25) is 0 Å². The monoisotopic (exact) mass is 1470 g/mol. The second kappa shape index (κ2) is 63.9. The molecule has 4 aromatic rings. The van der Waals surface area contributed by atoms with E-state index in [2.05, 4.69) is 55.4 Å². The molecule has 0 aliphatic carbocycles. The summed E-state index contributed by atoms with van der Waals surface area (Å²) < 4.78 is 0. The molecule has 0 unspecified atom stereocenters. The first-order valence-electron chi connectivity index (χ1n) is 41.2. The number of unbranched alkanes of at least 4 members (excludes halogenated alkanes) is 24. The van der Waals surface area contributed by atoms with Gasteiger partial charge < -0.3 is 61.3 Å². The van der Waals surface area contributed by atoms with Gasteiger partial charge in [-0.2, -0.15) is 0 Å². The Balaban J connectivity index is 0.00000132. The second-order valence-corrected chi connectivity index (χ2v) is 29.2. The minimum Gasteiger partial charge on any atom is -0.507 e. The highest BCUT2D eigenvalue weighted by Crippen LogP contribution is 2.34. The summed E-state index contributed by atoms with van der Waals surface area (Å²) >= 11 is 0. The van der Waals surface area contributed by atoms with Crippen LogP contribution in [-0.2, 0) is 96.2 Å². The average molecular weight is 1470 g/mol. The topological polar surface area (TPSA) is 311 Å². The molecule has 0 atom stereocenters. The number of aromatic hydroxyl groups is 4. The molecule has 105 heavy (non-hydrogen) atoms. The first-order chi connectivity index (χ1) is 50.6. The van der Waals surface area contributed by atoms with E-state index in [9.17, 15) is 39.6 Å². The molecule has 12 N–H and O–H groups in total. The fraction of sp³-hybridized carbons (Fsp3) is 0.685. The molecule has 0 spiro atoms. The Bertz CT molecular complexity index is 2380. The fourth-order valence-corrected chi connectivity index (χ4v) is 12.7. The number of phenolic OH excluding ortho intramolecular Hbond substituents is 4. The maximum atomic E-state index is 10.8. The minimum absolute atomic E-state index is 0.148. The second-order valence-electron chi connectivity index (χ2n) is 29.2. The largest absolute Gasteiger partial charge is 0.507 e. The van der Waals surface area contributed by atoms with Crippen LogP contribution in [0.25, 0.3) is 0 Å². The van der Waals surface area contributed by atoms with E-state index in [1.807, 2.05) is 48.5 Å². The Morgan fingerprint density at radius 3 is 0.457 bits per heavy atom. The highest BCUT2D eigenvalue weighted by Gasteiger charge is 2.26. The van der Waals surface area contributed by atoms with Crippen molar-refractivity contribution in [3.05, 3.63) is 115 Å². The lowest BCUT2D eigenvalue weighted by molar-refractivity contribution is -0.138. The molecule has 0 saturated carbocycles. The number of carboxylic acid groups (broad SMARTS) is 4. The van der Waals surface area contributed by atoms with E-state index < -0.39 is 55.7 Å². The molecular formula is C89H148O16. The van der Waals surface area contributed by atoms with Gasteiger partial charge in [0, 0.05) is 25.7 Å². The number of aliphatic hydroxyl groups excluding tert-OH is 4. The van der Waals surface area contributed by atoms with Gasteiger partial charge >= 0.3 is 23.9 Å². The number of carbonyl (C=O) groups is 4. The van der Waals surface area contributed by atoms with Gasteiger partial charge in [0.15, 0.2) is 0 Å². The number of benzene rings is 4. The van der Waals surface area contributed by atoms with Crippen LogP contribution in [0, 0.1) is 5.41 Å². The van der Waals surface area contributed by atoms with Crippen LogP contribution in [-0.4, -0.2) is 112 Å². The summed E-state index contributed by atoms with van der Waals surface area (Å²) in [6, 6.07) is 16.1. The van der Waals surface area contributed by atoms with Crippen LogP contribution in [0.3, 0.4) is 0 Å². The standard InChI is InChI=1S/4C21H34O3.C5H12O4/c4*1-3-5-7-9-11-18-15-17(13-14-20(22)23)16-19(21(18)24)12-10-8-6-4-2;6-1-5(2-7,3-8)4-9/h4*15-16,24H,3-14H2,1-2H3,(H,22,23);6-9H,1-4H2. The van der Waals surface area contributed by atoms with Crippen molar-refractivity contribution in [1.82, 2.24) is 0 Å². The number of phenols is 4. The summed E-state index contributed by atoms with van der Waals surface area (Å²) in [6.07, 6.45) is 47.4. The number of aryl methyl sites for hydroxylation is 12. The van der Waals surface area contributed by atoms with Crippen LogP contribution >= 0.6 is 0 Å². The molecule has 4 aromatic carbocycles. The molecule has 16 nitrogen and oxygen atoms in total. The summed E-state index contributed by atoms with van der Waals surface area (Å²) in [7, 11) is 0. The van der Waals surface area contributed by atoms with Crippen molar-refractivity contribution in [2.24, 2.45) is 5.41 Å². The van der Waals surface area contributed by atoms with E-state index in [4.69, 9.17) is 40.9 Å². The van der Waals surface area contributed by atoms with Crippen molar-refractivity contribution in [3.8, 4) is 23.0 Å². The van der Waals surface area contributed by atoms with E-state index in [0.29, 0.717) is 48.7 Å². The number of hydrogen-bond donors (Lipinski definition) is 12. The number of hydrogen-bond acceptors (Lipinski definition) is 12. The van der Waals surface area contributed by atoms with Crippen molar-refractivity contribution in [3.63, 3.8) is 0 Å². The third-order valence-corrected chi connectivity index (χ3v) is 19.6. The van der Waals surface area contributed by atoms with E-state index in [1.54, 1.807) is 0 Å². The van der Waals surface area contributed by atoms with Crippen molar-refractivity contribution in [1.29, 1.82) is 0 Å². The van der Waals surface area contributed by atoms with Crippen molar-refractivity contribution < 1.29 is 80.5 Å². The maximum absolute atomic E-state index is 10.8. The molecule has 4 rings (SSSR count). The first-order valence-corrected chi connectivity index (χ1v) is 41.2. The van der Waals surface area contributed by atoms with Gasteiger partial charge in [-0.15, -0.1) is 0 Å². The Hall–Kier alpha value is -6.20. The molecule has 0 heterocycles.